The molecule has 1 fully saturated rings. The number of nitrogens with two attached hydrogens (primary N) is 1. The molecule has 0 atom stereocenters. The van der Waals surface area contributed by atoms with E-state index in [0.717, 1.165) is 47.8 Å². The number of hydrogen-bond acceptors (Lipinski definition) is 7. The van der Waals surface area contributed by atoms with Gasteiger partial charge in [0.15, 0.2) is 0 Å². The smallest absolute Gasteiger partial charge is 0.426 e. The van der Waals surface area contributed by atoms with Crippen molar-refractivity contribution in [1.82, 2.24) is 21.2 Å². The maximum Gasteiger partial charge on any atom is 0.426 e. The summed E-state index contributed by atoms with van der Waals surface area (Å²) in [6.45, 7) is 7.49. The van der Waals surface area contributed by atoms with E-state index in [2.05, 4.69) is 33.0 Å². The number of amides is 2. The molecule has 2 amide bonds. The van der Waals surface area contributed by atoms with Crippen molar-refractivity contribution in [3.8, 4) is 11.8 Å². The number of thiazole rings is 1. The van der Waals surface area contributed by atoms with Gasteiger partial charge in [-0.3, -0.25) is 10.2 Å². The Morgan fingerprint density at radius 1 is 1.25 bits per heavy atom. The zero-order valence-corrected chi connectivity index (χ0v) is 19.4. The first kappa shape index (κ1) is 23.7. The average Bonchev–Trinajstić information content (AvgIpc) is 3.24. The number of ether oxygens (including phenoxy) is 1. The van der Waals surface area contributed by atoms with Crippen LogP contribution >= 0.6 is 11.3 Å². The molecule has 9 heteroatoms. The highest BCUT2D eigenvalue weighted by Crippen LogP contribution is 2.27. The highest BCUT2D eigenvalue weighted by molar-refractivity contribution is 7.09. The third-order valence-corrected chi connectivity index (χ3v) is 5.81. The first-order chi connectivity index (χ1) is 15.2. The maximum absolute atomic E-state index is 12.4. The molecule has 1 aromatic carbocycles. The van der Waals surface area contributed by atoms with Gasteiger partial charge in [0.1, 0.15) is 11.3 Å². The Hall–Kier alpha value is -2.93. The number of carbonyl (C=O) groups is 2. The van der Waals surface area contributed by atoms with Crippen molar-refractivity contribution in [2.24, 2.45) is 5.73 Å². The molecule has 0 radical (unpaired) electrons. The summed E-state index contributed by atoms with van der Waals surface area (Å²) in [7, 11) is 0. The van der Waals surface area contributed by atoms with Crippen molar-refractivity contribution in [3.63, 3.8) is 0 Å². The van der Waals surface area contributed by atoms with Crippen molar-refractivity contribution in [2.45, 2.75) is 51.7 Å². The molecule has 0 spiro atoms. The predicted molar refractivity (Wildman–Crippen MR) is 124 cm³/mol. The van der Waals surface area contributed by atoms with E-state index in [-0.39, 0.29) is 6.54 Å². The van der Waals surface area contributed by atoms with Gasteiger partial charge in [0.2, 0.25) is 0 Å². The zero-order valence-electron chi connectivity index (χ0n) is 18.6. The maximum atomic E-state index is 12.4. The number of nitrogens with zero attached hydrogens (tertiary/aromatic N) is 1. The summed E-state index contributed by atoms with van der Waals surface area (Å²) >= 11 is 1.65. The van der Waals surface area contributed by atoms with Crippen molar-refractivity contribution < 1.29 is 14.3 Å². The van der Waals surface area contributed by atoms with Crippen LogP contribution in [-0.4, -0.2) is 35.7 Å². The molecule has 1 aliphatic heterocycles. The van der Waals surface area contributed by atoms with E-state index < -0.39 is 17.6 Å². The van der Waals surface area contributed by atoms with Crippen LogP contribution in [0.25, 0.3) is 0 Å². The van der Waals surface area contributed by atoms with Gasteiger partial charge in [-0.1, -0.05) is 5.92 Å². The molecule has 1 aromatic heterocycles. The van der Waals surface area contributed by atoms with E-state index in [1.165, 1.54) is 0 Å². The fraction of sp³-hybridized carbons (Fsp3) is 0.435. The van der Waals surface area contributed by atoms with E-state index in [9.17, 15) is 9.59 Å². The Morgan fingerprint density at radius 3 is 2.69 bits per heavy atom. The average molecular weight is 456 g/mol. The van der Waals surface area contributed by atoms with Crippen LogP contribution in [0.2, 0.25) is 0 Å². The fourth-order valence-corrected chi connectivity index (χ4v) is 4.17. The Balaban J connectivity index is 1.65. The Bertz CT molecular complexity index is 1030. The van der Waals surface area contributed by atoms with Crippen LogP contribution in [0.1, 0.15) is 71.7 Å². The van der Waals surface area contributed by atoms with E-state index in [0.29, 0.717) is 11.5 Å². The number of hydrazine groups is 1. The second-order valence-electron chi connectivity index (χ2n) is 8.50. The highest BCUT2D eigenvalue weighted by atomic mass is 32.1. The number of carbonyl (C=O) groups excluding carboxylic acids is 2. The second-order valence-corrected chi connectivity index (χ2v) is 9.39. The largest absolute Gasteiger partial charge is 0.443 e. The van der Waals surface area contributed by atoms with Crippen molar-refractivity contribution in [2.75, 3.05) is 13.1 Å². The normalized spacial score (nSPS) is 14.2. The molecule has 3 rings (SSSR count). The summed E-state index contributed by atoms with van der Waals surface area (Å²) in [6.07, 6.45) is 1.47. The second kappa shape index (κ2) is 10.6. The number of aromatic nitrogens is 1. The minimum absolute atomic E-state index is 0.224. The lowest BCUT2D eigenvalue weighted by Crippen LogP contribution is -2.44. The third kappa shape index (κ3) is 6.79. The summed E-state index contributed by atoms with van der Waals surface area (Å²) in [5.41, 5.74) is 12.3. The molecule has 0 unspecified atom stereocenters. The lowest BCUT2D eigenvalue weighted by atomic mass is 9.99. The van der Waals surface area contributed by atoms with Gasteiger partial charge in [0.05, 0.1) is 5.01 Å². The monoisotopic (exact) mass is 455 g/mol. The van der Waals surface area contributed by atoms with Crippen LogP contribution in [0.3, 0.4) is 0 Å². The molecule has 0 aliphatic carbocycles. The number of nitrogens with one attached hydrogen (secondary N) is 3. The van der Waals surface area contributed by atoms with Crippen LogP contribution in [0, 0.1) is 11.8 Å². The van der Waals surface area contributed by atoms with Crippen LogP contribution in [0.15, 0.2) is 23.6 Å². The Kier molecular flexibility index (Phi) is 7.85. The lowest BCUT2D eigenvalue weighted by Gasteiger charge is -2.20. The van der Waals surface area contributed by atoms with Crippen molar-refractivity contribution >= 4 is 23.3 Å². The predicted octanol–water partition coefficient (Wildman–Crippen LogP) is 2.64. The van der Waals surface area contributed by atoms with Crippen LogP contribution < -0.4 is 21.9 Å². The minimum atomic E-state index is -0.737. The quantitative estimate of drug-likeness (QED) is 0.417. The highest BCUT2D eigenvalue weighted by Gasteiger charge is 2.18. The minimum Gasteiger partial charge on any atom is -0.443 e. The number of rotatable bonds is 3. The molecule has 0 saturated carbocycles. The Morgan fingerprint density at radius 2 is 2.00 bits per heavy atom. The molecule has 2 heterocycles. The van der Waals surface area contributed by atoms with Crippen molar-refractivity contribution in [3.05, 3.63) is 51.0 Å². The summed E-state index contributed by atoms with van der Waals surface area (Å²) in [5.74, 6) is 6.26. The topological polar surface area (TPSA) is 118 Å². The van der Waals surface area contributed by atoms with Crippen LogP contribution in [0.5, 0.6) is 0 Å². The SMILES string of the molecule is CC(C)(C)OC(=O)NNC(=O)c1ccc(C#Cc2csc(C3CCNCC3)n2)c(CN)c1. The first-order valence-electron chi connectivity index (χ1n) is 10.6. The standard InChI is InChI=1S/C23H29N5O3S/c1-23(2,3)31-22(30)28-27-20(29)17-5-4-15(18(12-17)13-24)6-7-19-14-32-21(26-19)16-8-10-25-11-9-16/h4-5,12,14,16,25H,8-11,13,24H2,1-3H3,(H,27,29)(H,28,30). The first-order valence-corrected chi connectivity index (χ1v) is 11.4. The molecule has 32 heavy (non-hydrogen) atoms. The molecule has 1 saturated heterocycles. The fourth-order valence-electron chi connectivity index (χ4n) is 3.24. The molecular formula is C23H29N5O3S. The molecule has 1 aliphatic rings. The number of piperidine rings is 1. The zero-order chi connectivity index (χ0) is 23.1. The van der Waals surface area contributed by atoms with Gasteiger partial charge in [-0.2, -0.15) is 0 Å². The summed E-state index contributed by atoms with van der Waals surface area (Å²) in [5, 5.41) is 6.49. The number of hydrogen-bond donors (Lipinski definition) is 4. The third-order valence-electron chi connectivity index (χ3n) is 4.80. The van der Waals surface area contributed by atoms with Crippen LogP contribution in [-0.2, 0) is 11.3 Å². The molecule has 8 nitrogen and oxygen atoms in total. The van der Waals surface area contributed by atoms with Gasteiger partial charge in [0.25, 0.3) is 5.91 Å². The number of benzene rings is 1. The molecular weight excluding hydrogens is 426 g/mol. The van der Waals surface area contributed by atoms with Crippen LogP contribution in [0.4, 0.5) is 4.79 Å². The van der Waals surface area contributed by atoms with E-state index in [4.69, 9.17) is 10.5 Å². The van der Waals surface area contributed by atoms with Gasteiger partial charge in [-0.05, 0) is 76.4 Å². The summed E-state index contributed by atoms with van der Waals surface area (Å²) < 4.78 is 5.09. The molecule has 0 bridgehead atoms. The summed E-state index contributed by atoms with van der Waals surface area (Å²) in [4.78, 5) is 28.7. The van der Waals surface area contributed by atoms with Gasteiger partial charge in [-0.25, -0.2) is 15.2 Å². The van der Waals surface area contributed by atoms with Gasteiger partial charge >= 0.3 is 6.09 Å². The molecule has 2 aromatic rings. The van der Waals surface area contributed by atoms with E-state index >= 15 is 0 Å². The summed E-state index contributed by atoms with van der Waals surface area (Å²) in [6, 6.07) is 5.05. The molecule has 5 N–H and O–H groups in total. The van der Waals surface area contributed by atoms with E-state index in [1.54, 1.807) is 50.3 Å². The lowest BCUT2D eigenvalue weighted by molar-refractivity contribution is 0.0483. The van der Waals surface area contributed by atoms with Crippen molar-refractivity contribution in [1.29, 1.82) is 0 Å². The van der Waals surface area contributed by atoms with Gasteiger partial charge in [0, 0.05) is 29.0 Å². The Labute approximate surface area is 192 Å². The van der Waals surface area contributed by atoms with Gasteiger partial charge < -0.3 is 15.8 Å². The van der Waals surface area contributed by atoms with Gasteiger partial charge in [-0.15, -0.1) is 11.3 Å². The van der Waals surface area contributed by atoms with E-state index in [1.807, 2.05) is 5.38 Å². The molecule has 170 valence electrons.